The van der Waals surface area contributed by atoms with E-state index in [2.05, 4.69) is 52.2 Å². The minimum Gasteiger partial charge on any atom is -0.455 e. The largest absolute Gasteiger partial charge is 0.455 e. The summed E-state index contributed by atoms with van der Waals surface area (Å²) < 4.78 is 44.3. The Balaban J connectivity index is 1.04. The Morgan fingerprint density at radius 2 is 1.82 bits per heavy atom. The molecule has 5 aromatic rings. The van der Waals surface area contributed by atoms with Gasteiger partial charge in [0.05, 0.1) is 41.6 Å². The Morgan fingerprint density at radius 1 is 1.04 bits per heavy atom. The van der Waals surface area contributed by atoms with Gasteiger partial charge in [-0.1, -0.05) is 55.3 Å². The minimum absolute atomic E-state index is 0.0621. The first-order valence-corrected chi connectivity index (χ1v) is 24.1. The quantitative estimate of drug-likeness (QED) is 0.0576. The van der Waals surface area contributed by atoms with E-state index in [1.807, 2.05) is 18.2 Å². The average molecular weight is 967 g/mol. The molecule has 3 aromatic carbocycles. The summed E-state index contributed by atoms with van der Waals surface area (Å²) in [5, 5.41) is 16.9. The van der Waals surface area contributed by atoms with E-state index >= 15 is 0 Å². The molecule has 358 valence electrons. The van der Waals surface area contributed by atoms with Gasteiger partial charge >= 0.3 is 6.09 Å². The molecule has 2 aliphatic heterocycles. The second kappa shape index (κ2) is 20.1. The number of allylic oxidation sites excluding steroid dienone is 1. The van der Waals surface area contributed by atoms with Crippen LogP contribution in [0.5, 0.6) is 11.5 Å². The van der Waals surface area contributed by atoms with Crippen molar-refractivity contribution in [3.63, 3.8) is 0 Å². The first kappa shape index (κ1) is 48.2. The number of carbonyl (C=O) groups excluding carboxylic acids is 2. The van der Waals surface area contributed by atoms with Crippen LogP contribution in [0.4, 0.5) is 21.9 Å². The van der Waals surface area contributed by atoms with Gasteiger partial charge in [0.15, 0.2) is 0 Å². The van der Waals surface area contributed by atoms with Gasteiger partial charge in [-0.3, -0.25) is 19.8 Å². The number of nitro groups is 1. The van der Waals surface area contributed by atoms with Gasteiger partial charge in [-0.15, -0.1) is 0 Å². The maximum absolute atomic E-state index is 14.5. The minimum atomic E-state index is -3.66. The predicted molar refractivity (Wildman–Crippen MR) is 264 cm³/mol. The van der Waals surface area contributed by atoms with E-state index in [-0.39, 0.29) is 47.8 Å². The van der Waals surface area contributed by atoms with E-state index in [1.54, 1.807) is 45.2 Å². The van der Waals surface area contributed by atoms with E-state index in [0.717, 1.165) is 61.4 Å². The van der Waals surface area contributed by atoms with Crippen molar-refractivity contribution in [2.45, 2.75) is 72.0 Å². The Morgan fingerprint density at radius 3 is 2.54 bits per heavy atom. The van der Waals surface area contributed by atoms with Gasteiger partial charge in [-0.05, 0) is 123 Å². The summed E-state index contributed by atoms with van der Waals surface area (Å²) in [5.41, 5.74) is 5.28. The first-order valence-electron chi connectivity index (χ1n) is 22.6. The number of hydrogen-bond donors (Lipinski definition) is 3. The van der Waals surface area contributed by atoms with E-state index in [4.69, 9.17) is 25.8 Å². The average Bonchev–Trinajstić information content (AvgIpc) is 3.77. The summed E-state index contributed by atoms with van der Waals surface area (Å²) in [4.78, 5) is 50.4. The molecule has 0 spiro atoms. The van der Waals surface area contributed by atoms with Crippen LogP contribution in [0.15, 0.2) is 96.8 Å². The fourth-order valence-electron chi connectivity index (χ4n) is 8.85. The molecule has 68 heavy (non-hydrogen) atoms. The summed E-state index contributed by atoms with van der Waals surface area (Å²) in [7, 11) is -3.66. The number of nitrogens with one attached hydrogen (secondary N) is 2. The van der Waals surface area contributed by atoms with Crippen molar-refractivity contribution in [2.24, 2.45) is 5.41 Å². The molecule has 0 radical (unpaired) electrons. The van der Waals surface area contributed by atoms with Crippen molar-refractivity contribution in [2.75, 3.05) is 55.5 Å². The maximum Gasteiger partial charge on any atom is 0.410 e. The Hall–Kier alpha value is -6.27. The normalized spacial score (nSPS) is 17.8. The van der Waals surface area contributed by atoms with E-state index in [9.17, 15) is 28.1 Å². The number of carbonyl (C=O) groups is 2. The molecule has 8 rings (SSSR count). The number of pyridine rings is 1. The van der Waals surface area contributed by atoms with Crippen molar-refractivity contribution in [1.82, 2.24) is 19.8 Å². The number of rotatable bonds is 13. The number of halogens is 1. The standard InChI is InChI=1S/C50H56ClN7O9S/c1-49(2,3)67-48(60)56-22-23-65-40(31-56)29-53-43-13-11-38(26-44(43)58(61)62)57(68(63)64)47(59)41-12-8-34(25-45(41)66-39-24-35-15-19-52-46(35)54-28-39)32-16-20-55(21-17-32)30-36-14-18-50(4,5)27-42(36)33-6-9-37(51)10-7-33/h6-13,15-16,19,24-26,28,40,53,68H,14,17-18,20-23,27,29-31H2,1-5H3,(H,52,54). The lowest BCUT2D eigenvalue weighted by atomic mass is 9.72. The molecule has 16 nitrogen and oxygen atoms in total. The lowest BCUT2D eigenvalue weighted by Crippen LogP contribution is -2.49. The maximum atomic E-state index is 14.5. The van der Waals surface area contributed by atoms with Crippen LogP contribution < -0.4 is 14.4 Å². The topological polar surface area (TPSA) is 190 Å². The molecule has 2 amide bonds. The summed E-state index contributed by atoms with van der Waals surface area (Å²) in [6, 6.07) is 20.4. The highest BCUT2D eigenvalue weighted by atomic mass is 35.5. The van der Waals surface area contributed by atoms with Gasteiger partial charge in [-0.2, -0.15) is 0 Å². The van der Waals surface area contributed by atoms with Gasteiger partial charge in [0, 0.05) is 55.4 Å². The fourth-order valence-corrected chi connectivity index (χ4v) is 9.54. The molecular weight excluding hydrogens is 910 g/mol. The van der Waals surface area contributed by atoms with Crippen LogP contribution in [-0.4, -0.2) is 103 Å². The second-order valence-electron chi connectivity index (χ2n) is 19.2. The third kappa shape index (κ3) is 11.5. The number of morpholine rings is 1. The number of H-pyrrole nitrogens is 1. The molecule has 1 unspecified atom stereocenters. The van der Waals surface area contributed by atoms with E-state index in [1.165, 1.54) is 46.0 Å². The summed E-state index contributed by atoms with van der Waals surface area (Å²) >= 11 is 6.25. The zero-order chi connectivity index (χ0) is 48.3. The lowest BCUT2D eigenvalue weighted by molar-refractivity contribution is -0.383. The highest BCUT2D eigenvalue weighted by Crippen LogP contribution is 2.44. The number of thiol groups is 1. The van der Waals surface area contributed by atoms with Crippen LogP contribution in [-0.2, 0) is 20.4 Å². The van der Waals surface area contributed by atoms with Crippen LogP contribution in [0.1, 0.15) is 81.8 Å². The van der Waals surface area contributed by atoms with Gasteiger partial charge in [0.2, 0.25) is 10.9 Å². The third-order valence-electron chi connectivity index (χ3n) is 12.4. The van der Waals surface area contributed by atoms with Crippen molar-refractivity contribution >= 4 is 73.7 Å². The lowest BCUT2D eigenvalue weighted by Gasteiger charge is -2.36. The van der Waals surface area contributed by atoms with Crippen molar-refractivity contribution < 1.29 is 37.1 Å². The van der Waals surface area contributed by atoms with Crippen LogP contribution in [0.2, 0.25) is 5.02 Å². The summed E-state index contributed by atoms with van der Waals surface area (Å²) in [5.74, 6) is -0.583. The van der Waals surface area contributed by atoms with Gasteiger partial charge in [0.25, 0.3) is 11.6 Å². The Bertz CT molecular complexity index is 2860. The van der Waals surface area contributed by atoms with Crippen LogP contribution in [0.25, 0.3) is 22.2 Å². The third-order valence-corrected chi connectivity index (χ3v) is 13.4. The zero-order valence-electron chi connectivity index (χ0n) is 38.8. The number of aromatic amines is 1. The molecular formula is C50H56ClN7O9S. The molecule has 0 saturated carbocycles. The van der Waals surface area contributed by atoms with Crippen molar-refractivity contribution in [1.29, 1.82) is 0 Å². The highest BCUT2D eigenvalue weighted by molar-refractivity contribution is 7.75. The monoisotopic (exact) mass is 965 g/mol. The second-order valence-corrected chi connectivity index (χ2v) is 20.5. The number of hydrogen-bond acceptors (Lipinski definition) is 12. The molecule has 3 aliphatic rings. The van der Waals surface area contributed by atoms with E-state index < -0.39 is 45.2 Å². The van der Waals surface area contributed by atoms with Crippen molar-refractivity contribution in [3.05, 3.63) is 129 Å². The molecule has 2 N–H and O–H groups in total. The number of benzene rings is 3. The summed E-state index contributed by atoms with van der Waals surface area (Å²) in [6.07, 6.45) is 8.25. The fraction of sp³-hybridized carbons (Fsp3) is 0.380. The molecule has 1 fully saturated rings. The molecule has 4 heterocycles. The number of aromatic nitrogens is 2. The van der Waals surface area contributed by atoms with Crippen LogP contribution in [0.3, 0.4) is 0 Å². The highest BCUT2D eigenvalue weighted by Gasteiger charge is 2.32. The van der Waals surface area contributed by atoms with Gasteiger partial charge < -0.3 is 29.4 Å². The number of nitro benzene ring substituents is 1. The van der Waals surface area contributed by atoms with Crippen LogP contribution in [0, 0.1) is 15.5 Å². The number of fused-ring (bicyclic) bond motifs is 1. The number of ether oxygens (including phenoxy) is 3. The molecule has 1 atom stereocenters. The predicted octanol–water partition coefficient (Wildman–Crippen LogP) is 9.89. The number of anilines is 2. The molecule has 2 aromatic heterocycles. The van der Waals surface area contributed by atoms with Crippen molar-refractivity contribution in [3.8, 4) is 11.5 Å². The Labute approximate surface area is 402 Å². The van der Waals surface area contributed by atoms with Gasteiger partial charge in [0.1, 0.15) is 28.4 Å². The summed E-state index contributed by atoms with van der Waals surface area (Å²) in [6.45, 7) is 13.1. The van der Waals surface area contributed by atoms with Crippen LogP contribution >= 0.6 is 11.6 Å². The molecule has 0 bridgehead atoms. The molecule has 1 aliphatic carbocycles. The van der Waals surface area contributed by atoms with Gasteiger partial charge in [-0.25, -0.2) is 22.5 Å². The number of amides is 2. The van der Waals surface area contributed by atoms with E-state index in [0.29, 0.717) is 33.8 Å². The molecule has 18 heteroatoms. The number of nitrogens with zero attached hydrogens (tertiary/aromatic N) is 5. The Kier molecular flexibility index (Phi) is 14.3. The first-order chi connectivity index (χ1) is 32.4. The zero-order valence-corrected chi connectivity index (χ0v) is 40.4. The molecule has 1 saturated heterocycles. The SMILES string of the molecule is CC1(C)CCC(CN2CC=C(c3ccc(C(=O)N(c4ccc(NCC5CN(C(=O)OC(C)(C)C)CCO5)c([N+](=O)[O-])c4)[SH](=O)=O)c(Oc4cnc5[nH]ccc5c4)c3)CC2)=C(c2ccc(Cl)cc2)C1. The smallest absolute Gasteiger partial charge is 0.410 e.